The number of H-pyrrole nitrogens is 2. The minimum atomic E-state index is -0.257. The monoisotopic (exact) mass is 274 g/mol. The fourth-order valence-corrected chi connectivity index (χ4v) is 2.45. The zero-order valence-corrected chi connectivity index (χ0v) is 11.3. The highest BCUT2D eigenvalue weighted by atomic mass is 19.1. The molecule has 1 aromatic carbocycles. The zero-order chi connectivity index (χ0) is 14.1. The number of hydrogen-bond donors (Lipinski definition) is 2. The first kappa shape index (κ1) is 12.6. The zero-order valence-electron chi connectivity index (χ0n) is 11.3. The molecule has 0 bridgehead atoms. The Labute approximate surface area is 115 Å². The van der Waals surface area contributed by atoms with Crippen LogP contribution in [0.25, 0.3) is 22.4 Å². The first-order valence-electron chi connectivity index (χ1n) is 6.54. The lowest BCUT2D eigenvalue weighted by atomic mass is 10.2. The van der Waals surface area contributed by atoms with Crippen LogP contribution in [0.5, 0.6) is 0 Å². The third-order valence-electron chi connectivity index (χ3n) is 3.40. The van der Waals surface area contributed by atoms with E-state index in [1.54, 1.807) is 6.07 Å². The minimum absolute atomic E-state index is 0.257. The number of nitrogens with one attached hydrogen (secondary N) is 2. The molecule has 7 heteroatoms. The van der Waals surface area contributed by atoms with Gasteiger partial charge in [0.2, 0.25) is 0 Å². The van der Waals surface area contributed by atoms with E-state index in [-0.39, 0.29) is 5.82 Å². The molecule has 0 radical (unpaired) electrons. The summed E-state index contributed by atoms with van der Waals surface area (Å²) in [5.41, 5.74) is 2.56. The van der Waals surface area contributed by atoms with Gasteiger partial charge < -0.3 is 9.88 Å². The van der Waals surface area contributed by atoms with Crippen LogP contribution in [0.3, 0.4) is 0 Å². The number of nitrogens with zero attached hydrogens (tertiary/aromatic N) is 4. The number of fused-ring (bicyclic) bond motifs is 1. The van der Waals surface area contributed by atoms with Gasteiger partial charge in [-0.25, -0.2) is 9.49 Å². The Bertz CT molecular complexity index is 714. The molecule has 20 heavy (non-hydrogen) atoms. The molecule has 0 aliphatic heterocycles. The predicted molar refractivity (Wildman–Crippen MR) is 75.0 cm³/mol. The Kier molecular flexibility index (Phi) is 3.09. The molecular formula is C13H15FN6. The van der Waals surface area contributed by atoms with Crippen LogP contribution in [0.1, 0.15) is 13.8 Å². The van der Waals surface area contributed by atoms with Crippen LogP contribution in [0, 0.1) is 5.82 Å². The number of hydrogen-bond acceptors (Lipinski definition) is 4. The summed E-state index contributed by atoms with van der Waals surface area (Å²) >= 11 is 0. The van der Waals surface area contributed by atoms with Gasteiger partial charge >= 0.3 is 0 Å². The van der Waals surface area contributed by atoms with Crippen molar-refractivity contribution < 1.29 is 4.39 Å². The molecule has 0 saturated carbocycles. The average Bonchev–Trinajstić information content (AvgIpc) is 3.08. The summed E-state index contributed by atoms with van der Waals surface area (Å²) in [5.74, 6) is 0.288. The van der Waals surface area contributed by atoms with Gasteiger partial charge in [-0.1, -0.05) is 0 Å². The summed E-state index contributed by atoms with van der Waals surface area (Å²) in [6.45, 7) is 5.75. The highest BCUT2D eigenvalue weighted by molar-refractivity contribution is 6.00. The van der Waals surface area contributed by atoms with Gasteiger partial charge in [0.1, 0.15) is 11.5 Å². The number of rotatable bonds is 4. The molecule has 3 aromatic rings. The fourth-order valence-electron chi connectivity index (χ4n) is 2.45. The second kappa shape index (κ2) is 4.92. The van der Waals surface area contributed by atoms with Gasteiger partial charge in [0.05, 0.1) is 5.69 Å². The Morgan fingerprint density at radius 2 is 2.05 bits per heavy atom. The van der Waals surface area contributed by atoms with Gasteiger partial charge in [-0.3, -0.25) is 0 Å². The van der Waals surface area contributed by atoms with Gasteiger partial charge in [0, 0.05) is 24.0 Å². The molecule has 0 aliphatic carbocycles. The van der Waals surface area contributed by atoms with Crippen LogP contribution in [0.15, 0.2) is 18.2 Å². The molecule has 6 nitrogen and oxygen atoms in total. The third kappa shape index (κ3) is 1.91. The van der Waals surface area contributed by atoms with Crippen molar-refractivity contribution in [1.82, 2.24) is 25.6 Å². The van der Waals surface area contributed by atoms with E-state index in [1.807, 2.05) is 0 Å². The molecule has 3 rings (SSSR count). The summed E-state index contributed by atoms with van der Waals surface area (Å²) in [6, 6.07) is 4.70. The lowest BCUT2D eigenvalue weighted by Crippen LogP contribution is -2.22. The fraction of sp³-hybridized carbons (Fsp3) is 0.308. The number of benzene rings is 1. The maximum Gasteiger partial charge on any atom is 0.198 e. The van der Waals surface area contributed by atoms with Crippen molar-refractivity contribution >= 4 is 16.6 Å². The topological polar surface area (TPSA) is 73.5 Å². The van der Waals surface area contributed by atoms with E-state index in [2.05, 4.69) is 44.4 Å². The highest BCUT2D eigenvalue weighted by Crippen LogP contribution is 2.36. The second-order valence-electron chi connectivity index (χ2n) is 4.46. The quantitative estimate of drug-likeness (QED) is 0.765. The van der Waals surface area contributed by atoms with E-state index in [9.17, 15) is 4.39 Å². The van der Waals surface area contributed by atoms with E-state index >= 15 is 0 Å². The minimum Gasteiger partial charge on any atom is -0.370 e. The van der Waals surface area contributed by atoms with Gasteiger partial charge in [-0.05, 0) is 42.5 Å². The SMILES string of the molecule is CCN(CC)c1c(-c2nnn[nH]2)[nH]c2ccc(F)cc12. The first-order valence-corrected chi connectivity index (χ1v) is 6.54. The van der Waals surface area contributed by atoms with E-state index in [0.29, 0.717) is 5.82 Å². The maximum atomic E-state index is 13.6. The largest absolute Gasteiger partial charge is 0.370 e. The van der Waals surface area contributed by atoms with Crippen LogP contribution < -0.4 is 4.90 Å². The number of aromatic amines is 2. The Hall–Kier alpha value is -2.44. The van der Waals surface area contributed by atoms with E-state index < -0.39 is 0 Å². The number of tetrazole rings is 1. The molecule has 0 atom stereocenters. The molecule has 2 N–H and O–H groups in total. The average molecular weight is 274 g/mol. The summed E-state index contributed by atoms with van der Waals surface area (Å²) < 4.78 is 13.6. The standard InChI is InChI=1S/C13H15FN6/c1-3-20(4-2)12-9-7-8(14)5-6-10(9)15-11(12)13-16-18-19-17-13/h5-7,15H,3-4H2,1-2H3,(H,16,17,18,19). The van der Waals surface area contributed by atoms with Crippen molar-refractivity contribution in [2.75, 3.05) is 18.0 Å². The summed E-state index contributed by atoms with van der Waals surface area (Å²) in [5, 5.41) is 14.7. The van der Waals surface area contributed by atoms with E-state index in [0.717, 1.165) is 35.4 Å². The van der Waals surface area contributed by atoms with Crippen LogP contribution >= 0.6 is 0 Å². The van der Waals surface area contributed by atoms with Crippen molar-refractivity contribution in [3.63, 3.8) is 0 Å². The number of halogens is 1. The molecule has 2 heterocycles. The van der Waals surface area contributed by atoms with Crippen molar-refractivity contribution in [3.8, 4) is 11.5 Å². The van der Waals surface area contributed by atoms with Crippen LogP contribution in [0.2, 0.25) is 0 Å². The molecule has 104 valence electrons. The summed E-state index contributed by atoms with van der Waals surface area (Å²) in [7, 11) is 0. The van der Waals surface area contributed by atoms with Crippen LogP contribution in [-0.4, -0.2) is 38.7 Å². The van der Waals surface area contributed by atoms with E-state index in [1.165, 1.54) is 12.1 Å². The smallest absolute Gasteiger partial charge is 0.198 e. The van der Waals surface area contributed by atoms with Gasteiger partial charge in [0.25, 0.3) is 0 Å². The number of anilines is 1. The van der Waals surface area contributed by atoms with Crippen molar-refractivity contribution in [2.24, 2.45) is 0 Å². The van der Waals surface area contributed by atoms with E-state index in [4.69, 9.17) is 0 Å². The number of aromatic nitrogens is 5. The third-order valence-corrected chi connectivity index (χ3v) is 3.40. The van der Waals surface area contributed by atoms with Crippen LogP contribution in [0.4, 0.5) is 10.1 Å². The maximum absolute atomic E-state index is 13.6. The molecule has 0 aliphatic rings. The predicted octanol–water partition coefficient (Wildman–Crippen LogP) is 2.33. The summed E-state index contributed by atoms with van der Waals surface area (Å²) in [4.78, 5) is 5.41. The second-order valence-corrected chi connectivity index (χ2v) is 4.46. The molecule has 2 aromatic heterocycles. The van der Waals surface area contributed by atoms with Crippen molar-refractivity contribution in [3.05, 3.63) is 24.0 Å². The normalized spacial score (nSPS) is 11.2. The first-order chi connectivity index (χ1) is 9.74. The molecule has 0 unspecified atom stereocenters. The lowest BCUT2D eigenvalue weighted by Gasteiger charge is -2.21. The Balaban J connectivity index is 2.30. The van der Waals surface area contributed by atoms with Crippen molar-refractivity contribution in [1.29, 1.82) is 0 Å². The molecule has 0 fully saturated rings. The highest BCUT2D eigenvalue weighted by Gasteiger charge is 2.19. The summed E-state index contributed by atoms with van der Waals surface area (Å²) in [6.07, 6.45) is 0. The van der Waals surface area contributed by atoms with Gasteiger partial charge in [-0.2, -0.15) is 0 Å². The molecule has 0 saturated heterocycles. The molecule has 0 amide bonds. The van der Waals surface area contributed by atoms with Gasteiger partial charge in [0.15, 0.2) is 5.82 Å². The lowest BCUT2D eigenvalue weighted by molar-refractivity contribution is 0.629. The van der Waals surface area contributed by atoms with Crippen LogP contribution in [-0.2, 0) is 0 Å². The Morgan fingerprint density at radius 1 is 1.25 bits per heavy atom. The molecule has 0 spiro atoms. The Morgan fingerprint density at radius 3 is 2.70 bits per heavy atom. The molecular weight excluding hydrogens is 259 g/mol. The van der Waals surface area contributed by atoms with Gasteiger partial charge in [-0.15, -0.1) is 5.10 Å². The van der Waals surface area contributed by atoms with Crippen molar-refractivity contribution in [2.45, 2.75) is 13.8 Å².